The van der Waals surface area contributed by atoms with E-state index >= 15 is 0 Å². The van der Waals surface area contributed by atoms with Gasteiger partial charge >= 0.3 is 6.18 Å². The number of halogens is 6. The third kappa shape index (κ3) is 2.31. The normalized spacial score (nSPS) is 12.2. The summed E-state index contributed by atoms with van der Waals surface area (Å²) in [6.07, 6.45) is -7.28. The molecule has 1 heterocycles. The van der Waals surface area contributed by atoms with Gasteiger partial charge in [-0.05, 0) is 6.07 Å². The van der Waals surface area contributed by atoms with E-state index < -0.39 is 28.9 Å². The van der Waals surface area contributed by atoms with Crippen LogP contribution in [0.1, 0.15) is 17.7 Å². The Morgan fingerprint density at radius 1 is 1.29 bits per heavy atom. The van der Waals surface area contributed by atoms with Crippen molar-refractivity contribution in [3.8, 4) is 0 Å². The van der Waals surface area contributed by atoms with E-state index in [9.17, 15) is 22.0 Å². The molecule has 0 unspecified atom stereocenters. The zero-order valence-electron chi connectivity index (χ0n) is 6.45. The average Bonchev–Trinajstić information content (AvgIpc) is 2.01. The number of pyridine rings is 1. The van der Waals surface area contributed by atoms with Gasteiger partial charge in [0.05, 0.1) is 10.6 Å². The van der Waals surface area contributed by atoms with Crippen molar-refractivity contribution in [1.29, 1.82) is 0 Å². The summed E-state index contributed by atoms with van der Waals surface area (Å²) in [6, 6.07) is 0.427. The summed E-state index contributed by atoms with van der Waals surface area (Å²) in [6.45, 7) is 0. The van der Waals surface area contributed by atoms with Crippen LogP contribution >= 0.6 is 11.6 Å². The molecule has 0 N–H and O–H groups in total. The molecule has 0 atom stereocenters. The molecule has 0 bridgehead atoms. The van der Waals surface area contributed by atoms with Crippen LogP contribution in [0.4, 0.5) is 22.0 Å². The maximum atomic E-state index is 12.0. The molecule has 0 amide bonds. The highest BCUT2D eigenvalue weighted by Gasteiger charge is 2.32. The van der Waals surface area contributed by atoms with Crippen LogP contribution in [0.15, 0.2) is 12.3 Å². The van der Waals surface area contributed by atoms with Crippen LogP contribution in [-0.4, -0.2) is 4.98 Å². The first-order valence-electron chi connectivity index (χ1n) is 3.33. The monoisotopic (exact) mass is 231 g/mol. The molecule has 0 fully saturated rings. The second-order valence-electron chi connectivity index (χ2n) is 2.39. The van der Waals surface area contributed by atoms with Gasteiger partial charge in [-0.2, -0.15) is 13.2 Å². The first-order valence-corrected chi connectivity index (χ1v) is 3.71. The van der Waals surface area contributed by atoms with Gasteiger partial charge in [-0.15, -0.1) is 0 Å². The van der Waals surface area contributed by atoms with Crippen molar-refractivity contribution < 1.29 is 22.0 Å². The second kappa shape index (κ2) is 3.68. The zero-order valence-corrected chi connectivity index (χ0v) is 7.20. The molecule has 0 spiro atoms. The summed E-state index contributed by atoms with van der Waals surface area (Å²) < 4.78 is 60.1. The number of rotatable bonds is 1. The summed E-state index contributed by atoms with van der Waals surface area (Å²) in [5.74, 6) is 0. The van der Waals surface area contributed by atoms with Gasteiger partial charge in [-0.3, -0.25) is 4.98 Å². The van der Waals surface area contributed by atoms with Crippen LogP contribution in [0, 0.1) is 0 Å². The van der Waals surface area contributed by atoms with E-state index in [2.05, 4.69) is 4.98 Å². The predicted molar refractivity (Wildman–Crippen MR) is 39.2 cm³/mol. The fourth-order valence-corrected chi connectivity index (χ4v) is 1.01. The second-order valence-corrected chi connectivity index (χ2v) is 2.80. The first kappa shape index (κ1) is 11.2. The fourth-order valence-electron chi connectivity index (χ4n) is 0.764. The molecular formula is C7H3ClF5N. The van der Waals surface area contributed by atoms with Crippen molar-refractivity contribution in [2.75, 3.05) is 0 Å². The highest BCUT2D eigenvalue weighted by molar-refractivity contribution is 6.31. The zero-order chi connectivity index (χ0) is 10.9. The van der Waals surface area contributed by atoms with Gasteiger partial charge in [0, 0.05) is 6.20 Å². The van der Waals surface area contributed by atoms with Gasteiger partial charge in [-0.25, -0.2) is 8.78 Å². The maximum absolute atomic E-state index is 12.0. The lowest BCUT2D eigenvalue weighted by Crippen LogP contribution is -2.06. The quantitative estimate of drug-likeness (QED) is 0.672. The number of alkyl halides is 5. The first-order chi connectivity index (χ1) is 6.32. The lowest BCUT2D eigenvalue weighted by Gasteiger charge is -2.08. The Morgan fingerprint density at radius 3 is 2.21 bits per heavy atom. The van der Waals surface area contributed by atoms with Gasteiger partial charge in [0.2, 0.25) is 0 Å². The SMILES string of the molecule is FC(F)c1ncc(C(F)(F)F)cc1Cl. The summed E-state index contributed by atoms with van der Waals surface area (Å²) in [4.78, 5) is 2.94. The summed E-state index contributed by atoms with van der Waals surface area (Å²) >= 11 is 5.19. The number of hydrogen-bond donors (Lipinski definition) is 0. The molecule has 0 aliphatic rings. The molecule has 7 heteroatoms. The molecule has 0 aliphatic heterocycles. The van der Waals surface area contributed by atoms with E-state index in [0.717, 1.165) is 0 Å². The molecule has 0 saturated heterocycles. The minimum Gasteiger partial charge on any atom is -0.253 e. The van der Waals surface area contributed by atoms with Gasteiger partial charge < -0.3 is 0 Å². The number of hydrogen-bond acceptors (Lipinski definition) is 1. The minimum atomic E-state index is -4.63. The van der Waals surface area contributed by atoms with Crippen molar-refractivity contribution in [3.63, 3.8) is 0 Å². The van der Waals surface area contributed by atoms with Crippen LogP contribution in [0.3, 0.4) is 0 Å². The standard InChI is InChI=1S/C7H3ClF5N/c8-4-1-3(7(11,12)13)2-14-5(4)6(9)10/h1-2,6H. The molecule has 0 aliphatic carbocycles. The minimum absolute atomic E-state index is 0.327. The molecule has 1 aromatic rings. The molecule has 1 rings (SSSR count). The topological polar surface area (TPSA) is 12.9 Å². The highest BCUT2D eigenvalue weighted by atomic mass is 35.5. The van der Waals surface area contributed by atoms with Crippen LogP contribution in [-0.2, 0) is 6.18 Å². The van der Waals surface area contributed by atoms with E-state index in [-0.39, 0.29) is 0 Å². The Balaban J connectivity index is 3.13. The van der Waals surface area contributed by atoms with Crippen LogP contribution in [0.2, 0.25) is 5.02 Å². The van der Waals surface area contributed by atoms with Crippen LogP contribution < -0.4 is 0 Å². The van der Waals surface area contributed by atoms with E-state index in [1.807, 2.05) is 0 Å². The fraction of sp³-hybridized carbons (Fsp3) is 0.286. The summed E-state index contributed by atoms with van der Waals surface area (Å²) in [5, 5.41) is -0.685. The molecule has 14 heavy (non-hydrogen) atoms. The molecule has 1 aromatic heterocycles. The van der Waals surface area contributed by atoms with Gasteiger partial charge in [-0.1, -0.05) is 11.6 Å². The highest BCUT2D eigenvalue weighted by Crippen LogP contribution is 2.33. The van der Waals surface area contributed by atoms with Crippen molar-refractivity contribution in [2.45, 2.75) is 12.6 Å². The lowest BCUT2D eigenvalue weighted by molar-refractivity contribution is -0.137. The Bertz CT molecular complexity index is 335. The van der Waals surface area contributed by atoms with E-state index in [0.29, 0.717) is 12.3 Å². The summed E-state index contributed by atoms with van der Waals surface area (Å²) in [7, 11) is 0. The average molecular weight is 232 g/mol. The molecule has 0 saturated carbocycles. The molecule has 1 nitrogen and oxygen atoms in total. The maximum Gasteiger partial charge on any atom is 0.417 e. The van der Waals surface area contributed by atoms with Gasteiger partial charge in [0.15, 0.2) is 0 Å². The smallest absolute Gasteiger partial charge is 0.253 e. The lowest BCUT2D eigenvalue weighted by atomic mass is 10.2. The van der Waals surface area contributed by atoms with Crippen molar-refractivity contribution in [3.05, 3.63) is 28.5 Å². The third-order valence-electron chi connectivity index (χ3n) is 1.40. The molecular weight excluding hydrogens is 229 g/mol. The van der Waals surface area contributed by atoms with Crippen molar-refractivity contribution in [1.82, 2.24) is 4.98 Å². The Hall–Kier alpha value is -0.910. The third-order valence-corrected chi connectivity index (χ3v) is 1.71. The van der Waals surface area contributed by atoms with Crippen molar-refractivity contribution in [2.24, 2.45) is 0 Å². The molecule has 78 valence electrons. The van der Waals surface area contributed by atoms with Gasteiger partial charge in [0.25, 0.3) is 6.43 Å². The Labute approximate surface area is 80.5 Å². The largest absolute Gasteiger partial charge is 0.417 e. The van der Waals surface area contributed by atoms with E-state index in [1.165, 1.54) is 0 Å². The predicted octanol–water partition coefficient (Wildman–Crippen LogP) is 3.69. The van der Waals surface area contributed by atoms with Gasteiger partial charge in [0.1, 0.15) is 5.69 Å². The van der Waals surface area contributed by atoms with Crippen LogP contribution in [0.25, 0.3) is 0 Å². The Kier molecular flexibility index (Phi) is 2.94. The molecule has 0 radical (unpaired) electrons. The Morgan fingerprint density at radius 2 is 1.86 bits per heavy atom. The van der Waals surface area contributed by atoms with Crippen LogP contribution in [0.5, 0.6) is 0 Å². The molecule has 0 aromatic carbocycles. The van der Waals surface area contributed by atoms with Crippen molar-refractivity contribution >= 4 is 11.6 Å². The summed E-state index contributed by atoms with van der Waals surface area (Å²) in [5.41, 5.74) is -1.99. The van der Waals surface area contributed by atoms with E-state index in [1.54, 1.807) is 0 Å². The number of nitrogens with zero attached hydrogens (tertiary/aromatic N) is 1. The van der Waals surface area contributed by atoms with E-state index in [4.69, 9.17) is 11.6 Å². The number of aromatic nitrogens is 1.